The molecule has 0 saturated heterocycles. The molecule has 186 valence electrons. The van der Waals surface area contributed by atoms with Crippen molar-refractivity contribution in [2.45, 2.75) is 11.1 Å². The van der Waals surface area contributed by atoms with Gasteiger partial charge in [0.1, 0.15) is 21.5 Å². The number of carbonyl (C=O) groups excluding carboxylic acids is 2. The van der Waals surface area contributed by atoms with E-state index in [0.29, 0.717) is 0 Å². The van der Waals surface area contributed by atoms with E-state index in [2.05, 4.69) is 5.32 Å². The van der Waals surface area contributed by atoms with Gasteiger partial charge in [-0.15, -0.1) is 11.6 Å². The molecule has 0 fully saturated rings. The first-order valence-electron chi connectivity index (χ1n) is 9.80. The number of urea groups is 1. The van der Waals surface area contributed by atoms with Crippen LogP contribution in [0.2, 0.25) is 0 Å². The molecule has 2 aliphatic rings. The summed E-state index contributed by atoms with van der Waals surface area (Å²) in [4.78, 5) is 25.8. The standard InChI is InChI=1S/C20H16ClF3N4O5S2/c1-25-14-7-15-10(6-11(14)22)19(29)28(8-33-15)9-4-12(23)18(13(24)5-9)26-20(30)27-35(31,32)17-3-2-16(21)34-17/h3-7,16,25H,2,8H2,1H3,(H2,26,27,30). The van der Waals surface area contributed by atoms with Crippen molar-refractivity contribution in [3.05, 3.63) is 57.6 Å². The second-order valence-electron chi connectivity index (χ2n) is 7.22. The van der Waals surface area contributed by atoms with Gasteiger partial charge in [0.2, 0.25) is 0 Å². The van der Waals surface area contributed by atoms with E-state index in [-0.39, 0.29) is 33.3 Å². The molecule has 2 aromatic rings. The number of amides is 3. The number of allylic oxidation sites excluding steroid dienone is 1. The van der Waals surface area contributed by atoms with Crippen molar-refractivity contribution in [2.75, 3.05) is 29.3 Å². The van der Waals surface area contributed by atoms with Gasteiger partial charge < -0.3 is 15.4 Å². The number of hydrogen-bond donors (Lipinski definition) is 3. The highest BCUT2D eigenvalue weighted by molar-refractivity contribution is 8.19. The normalized spacial score (nSPS) is 17.4. The number of thioether (sulfide) groups is 1. The van der Waals surface area contributed by atoms with Crippen LogP contribution in [-0.2, 0) is 10.0 Å². The predicted molar refractivity (Wildman–Crippen MR) is 126 cm³/mol. The Kier molecular flexibility index (Phi) is 6.79. The van der Waals surface area contributed by atoms with E-state index < -0.39 is 56.5 Å². The molecular formula is C20H16ClF3N4O5S2. The van der Waals surface area contributed by atoms with Gasteiger partial charge in [-0.3, -0.25) is 9.69 Å². The number of anilines is 3. The summed E-state index contributed by atoms with van der Waals surface area (Å²) >= 11 is 6.63. The molecule has 1 unspecified atom stereocenters. The van der Waals surface area contributed by atoms with Crippen molar-refractivity contribution < 1.29 is 35.9 Å². The first-order chi connectivity index (χ1) is 16.5. The SMILES string of the molecule is CNc1cc2c(cc1F)C(=O)N(c1cc(F)c(NC(=O)NS(=O)(=O)C3=CCC(Cl)S3)c(F)c1)CO2. The Morgan fingerprint density at radius 1 is 1.17 bits per heavy atom. The molecule has 0 aliphatic carbocycles. The highest BCUT2D eigenvalue weighted by atomic mass is 35.5. The number of alkyl halides is 1. The Morgan fingerprint density at radius 3 is 2.46 bits per heavy atom. The van der Waals surface area contributed by atoms with E-state index in [1.165, 1.54) is 19.2 Å². The van der Waals surface area contributed by atoms with Gasteiger partial charge in [-0.05, 0) is 12.5 Å². The van der Waals surface area contributed by atoms with E-state index in [1.54, 1.807) is 10.0 Å². The fraction of sp³-hybridized carbons (Fsp3) is 0.200. The molecule has 1 atom stereocenters. The van der Waals surface area contributed by atoms with Gasteiger partial charge >= 0.3 is 6.03 Å². The molecule has 0 radical (unpaired) electrons. The second-order valence-corrected chi connectivity index (χ2v) is 11.2. The number of halogens is 4. The number of carbonyl (C=O) groups is 2. The van der Waals surface area contributed by atoms with Gasteiger partial charge in [-0.25, -0.2) is 31.1 Å². The molecule has 0 spiro atoms. The molecule has 0 bridgehead atoms. The van der Waals surface area contributed by atoms with E-state index >= 15 is 0 Å². The molecule has 0 aromatic heterocycles. The molecule has 9 nitrogen and oxygen atoms in total. The highest BCUT2D eigenvalue weighted by Crippen LogP contribution is 2.37. The van der Waals surface area contributed by atoms with Crippen LogP contribution in [0.1, 0.15) is 16.8 Å². The largest absolute Gasteiger partial charge is 0.472 e. The third-order valence-electron chi connectivity index (χ3n) is 4.95. The summed E-state index contributed by atoms with van der Waals surface area (Å²) < 4.78 is 74.3. The Morgan fingerprint density at radius 2 is 1.86 bits per heavy atom. The highest BCUT2D eigenvalue weighted by Gasteiger charge is 2.31. The van der Waals surface area contributed by atoms with Gasteiger partial charge in [0.15, 0.2) is 18.4 Å². The summed E-state index contributed by atoms with van der Waals surface area (Å²) in [6.45, 7) is -0.417. The number of sulfonamides is 1. The van der Waals surface area contributed by atoms with Crippen molar-refractivity contribution in [1.29, 1.82) is 0 Å². The van der Waals surface area contributed by atoms with E-state index in [1.807, 2.05) is 0 Å². The van der Waals surface area contributed by atoms with Crippen molar-refractivity contribution >= 4 is 62.4 Å². The molecule has 3 N–H and O–H groups in total. The lowest BCUT2D eigenvalue weighted by Gasteiger charge is -2.29. The average molecular weight is 549 g/mol. The number of benzene rings is 2. The zero-order chi connectivity index (χ0) is 25.5. The van der Waals surface area contributed by atoms with Crippen molar-refractivity contribution in [3.8, 4) is 5.75 Å². The van der Waals surface area contributed by atoms with Crippen LogP contribution in [0.4, 0.5) is 35.0 Å². The molecule has 2 aliphatic heterocycles. The first-order valence-corrected chi connectivity index (χ1v) is 12.6. The number of nitrogens with zero attached hydrogens (tertiary/aromatic N) is 1. The smallest absolute Gasteiger partial charge is 0.333 e. The van der Waals surface area contributed by atoms with Crippen LogP contribution < -0.4 is 25.0 Å². The monoisotopic (exact) mass is 548 g/mol. The van der Waals surface area contributed by atoms with Crippen LogP contribution >= 0.6 is 23.4 Å². The van der Waals surface area contributed by atoms with Crippen molar-refractivity contribution in [2.24, 2.45) is 0 Å². The van der Waals surface area contributed by atoms with Crippen LogP contribution in [0.3, 0.4) is 0 Å². The number of ether oxygens (including phenoxy) is 1. The van der Waals surface area contributed by atoms with Crippen LogP contribution in [0.15, 0.2) is 34.6 Å². The van der Waals surface area contributed by atoms with Gasteiger partial charge in [0.05, 0.1) is 21.6 Å². The number of fused-ring (bicyclic) bond motifs is 1. The summed E-state index contributed by atoms with van der Waals surface area (Å²) in [5.41, 5.74) is -1.27. The second kappa shape index (κ2) is 9.51. The molecule has 2 aromatic carbocycles. The number of hydrogen-bond acceptors (Lipinski definition) is 7. The lowest BCUT2D eigenvalue weighted by atomic mass is 10.1. The molecule has 3 amide bonds. The van der Waals surface area contributed by atoms with Crippen LogP contribution in [0, 0.1) is 17.5 Å². The zero-order valence-electron chi connectivity index (χ0n) is 17.7. The number of nitrogens with one attached hydrogen (secondary N) is 3. The molecule has 35 heavy (non-hydrogen) atoms. The molecule has 4 rings (SSSR count). The Bertz CT molecular complexity index is 1350. The van der Waals surface area contributed by atoms with Crippen LogP contribution in [0.5, 0.6) is 5.75 Å². The van der Waals surface area contributed by atoms with Gasteiger partial charge in [0, 0.05) is 25.2 Å². The maximum Gasteiger partial charge on any atom is 0.333 e. The predicted octanol–water partition coefficient (Wildman–Crippen LogP) is 4.14. The minimum absolute atomic E-state index is 0.0881. The van der Waals surface area contributed by atoms with Gasteiger partial charge in [0.25, 0.3) is 15.9 Å². The summed E-state index contributed by atoms with van der Waals surface area (Å²) in [5, 5.41) is 4.41. The minimum atomic E-state index is -4.28. The third kappa shape index (κ3) is 4.99. The molecule has 15 heteroatoms. The summed E-state index contributed by atoms with van der Waals surface area (Å²) in [5.74, 6) is -3.99. The average Bonchev–Trinajstić information content (AvgIpc) is 3.23. The first kappa shape index (κ1) is 25.0. The van der Waals surface area contributed by atoms with E-state index in [0.717, 1.165) is 34.9 Å². The van der Waals surface area contributed by atoms with Crippen LogP contribution in [0.25, 0.3) is 0 Å². The summed E-state index contributed by atoms with van der Waals surface area (Å²) in [6, 6.07) is 2.30. The van der Waals surface area contributed by atoms with Crippen molar-refractivity contribution in [3.63, 3.8) is 0 Å². The van der Waals surface area contributed by atoms with Gasteiger partial charge in [-0.1, -0.05) is 17.8 Å². The molecule has 0 saturated carbocycles. The van der Waals surface area contributed by atoms with Crippen LogP contribution in [-0.4, -0.2) is 38.8 Å². The fourth-order valence-electron chi connectivity index (χ4n) is 3.29. The number of rotatable bonds is 5. The van der Waals surface area contributed by atoms with E-state index in [9.17, 15) is 31.2 Å². The Labute approximate surface area is 206 Å². The fourth-order valence-corrected chi connectivity index (χ4v) is 6.16. The maximum atomic E-state index is 14.7. The lowest BCUT2D eigenvalue weighted by molar-refractivity contribution is 0.0936. The molecule has 2 heterocycles. The zero-order valence-corrected chi connectivity index (χ0v) is 20.1. The molecular weight excluding hydrogens is 533 g/mol. The minimum Gasteiger partial charge on any atom is -0.472 e. The summed E-state index contributed by atoms with van der Waals surface area (Å²) in [7, 11) is -2.79. The lowest BCUT2D eigenvalue weighted by Crippen LogP contribution is -2.39. The summed E-state index contributed by atoms with van der Waals surface area (Å²) in [6.07, 6.45) is 1.58. The Balaban J connectivity index is 1.53. The van der Waals surface area contributed by atoms with Crippen molar-refractivity contribution in [1.82, 2.24) is 4.72 Å². The quantitative estimate of drug-likeness (QED) is 0.481. The van der Waals surface area contributed by atoms with Gasteiger partial charge in [-0.2, -0.15) is 0 Å². The Hall–Kier alpha value is -3.10. The maximum absolute atomic E-state index is 14.7. The topological polar surface area (TPSA) is 117 Å². The third-order valence-corrected chi connectivity index (χ3v) is 8.34. The van der Waals surface area contributed by atoms with E-state index in [4.69, 9.17) is 16.3 Å².